The molecule has 2 rings (SSSR count). The summed E-state index contributed by atoms with van der Waals surface area (Å²) in [5.41, 5.74) is 1.60. The molecule has 5 heteroatoms. The van der Waals surface area contributed by atoms with Crippen molar-refractivity contribution in [3.63, 3.8) is 0 Å². The summed E-state index contributed by atoms with van der Waals surface area (Å²) >= 11 is 18.2. The predicted octanol–water partition coefficient (Wildman–Crippen LogP) is 5.64. The van der Waals surface area contributed by atoms with E-state index in [-0.39, 0.29) is 11.9 Å². The minimum Gasteiger partial charge on any atom is -0.306 e. The molecule has 0 unspecified atom stereocenters. The number of hydrogen-bond donors (Lipinski definition) is 1. The monoisotopic (exact) mass is 331 g/mol. The Labute approximate surface area is 132 Å². The van der Waals surface area contributed by atoms with Crippen molar-refractivity contribution in [1.29, 1.82) is 0 Å². The number of hydrogen-bond acceptors (Lipinski definition) is 1. The zero-order chi connectivity index (χ0) is 14.7. The van der Waals surface area contributed by atoms with Gasteiger partial charge in [0.15, 0.2) is 0 Å². The molecule has 0 aliphatic heterocycles. The van der Waals surface area contributed by atoms with Crippen LogP contribution in [-0.2, 0) is 6.54 Å². The predicted molar refractivity (Wildman–Crippen MR) is 83.1 cm³/mol. The van der Waals surface area contributed by atoms with Crippen LogP contribution >= 0.6 is 34.8 Å². The third-order valence-corrected chi connectivity index (χ3v) is 4.27. The largest absolute Gasteiger partial charge is 0.306 e. The van der Waals surface area contributed by atoms with E-state index in [0.717, 1.165) is 11.1 Å². The first-order chi connectivity index (χ1) is 9.49. The summed E-state index contributed by atoms with van der Waals surface area (Å²) in [5, 5.41) is 4.72. The van der Waals surface area contributed by atoms with Crippen LogP contribution in [0.4, 0.5) is 4.39 Å². The van der Waals surface area contributed by atoms with Crippen LogP contribution in [0.25, 0.3) is 0 Å². The molecule has 0 amide bonds. The van der Waals surface area contributed by atoms with E-state index >= 15 is 0 Å². The second-order valence-corrected chi connectivity index (χ2v) is 5.67. The van der Waals surface area contributed by atoms with Crippen molar-refractivity contribution in [2.75, 3.05) is 0 Å². The van der Waals surface area contributed by atoms with Gasteiger partial charge < -0.3 is 5.32 Å². The van der Waals surface area contributed by atoms with Crippen LogP contribution in [0.2, 0.25) is 15.1 Å². The third-order valence-electron chi connectivity index (χ3n) is 3.07. The van der Waals surface area contributed by atoms with E-state index in [2.05, 4.69) is 5.32 Å². The van der Waals surface area contributed by atoms with Crippen molar-refractivity contribution in [2.45, 2.75) is 19.5 Å². The molecule has 2 aromatic carbocycles. The van der Waals surface area contributed by atoms with Crippen LogP contribution in [0, 0.1) is 5.82 Å². The third kappa shape index (κ3) is 3.64. The Morgan fingerprint density at radius 1 is 1.10 bits per heavy atom. The molecule has 106 valence electrons. The second-order valence-electron chi connectivity index (χ2n) is 4.48. The van der Waals surface area contributed by atoms with Crippen molar-refractivity contribution < 1.29 is 4.39 Å². The van der Waals surface area contributed by atoms with Crippen molar-refractivity contribution in [3.05, 3.63) is 68.4 Å². The Balaban J connectivity index is 2.11. The van der Waals surface area contributed by atoms with Crippen LogP contribution in [-0.4, -0.2) is 0 Å². The first kappa shape index (κ1) is 15.6. The molecule has 0 bridgehead atoms. The Bertz CT molecular complexity index is 616. The Morgan fingerprint density at radius 3 is 2.50 bits per heavy atom. The lowest BCUT2D eigenvalue weighted by atomic mass is 10.1. The van der Waals surface area contributed by atoms with Crippen molar-refractivity contribution >= 4 is 34.8 Å². The summed E-state index contributed by atoms with van der Waals surface area (Å²) in [6.07, 6.45) is 0. The maximum Gasteiger partial charge on any atom is 0.123 e. The lowest BCUT2D eigenvalue weighted by Crippen LogP contribution is -2.18. The number of nitrogens with one attached hydrogen (secondary N) is 1. The van der Waals surface area contributed by atoms with Gasteiger partial charge in [-0.1, -0.05) is 46.9 Å². The van der Waals surface area contributed by atoms with Gasteiger partial charge in [0.25, 0.3) is 0 Å². The lowest BCUT2D eigenvalue weighted by molar-refractivity contribution is 0.565. The van der Waals surface area contributed by atoms with Crippen LogP contribution in [0.15, 0.2) is 36.4 Å². The lowest BCUT2D eigenvalue weighted by Gasteiger charge is -2.16. The van der Waals surface area contributed by atoms with Gasteiger partial charge in [-0.25, -0.2) is 4.39 Å². The molecule has 0 aliphatic rings. The average Bonchev–Trinajstić information content (AvgIpc) is 2.43. The number of benzene rings is 2. The average molecular weight is 333 g/mol. The molecule has 0 radical (unpaired) electrons. The Hall–Kier alpha value is -0.800. The van der Waals surface area contributed by atoms with Gasteiger partial charge in [0.05, 0.1) is 10.0 Å². The molecule has 0 spiro atoms. The van der Waals surface area contributed by atoms with Crippen LogP contribution in [0.1, 0.15) is 24.1 Å². The van der Waals surface area contributed by atoms with Crippen molar-refractivity contribution in [3.8, 4) is 0 Å². The van der Waals surface area contributed by atoms with Gasteiger partial charge >= 0.3 is 0 Å². The van der Waals surface area contributed by atoms with Gasteiger partial charge in [0.1, 0.15) is 5.82 Å². The fourth-order valence-corrected chi connectivity index (χ4v) is 2.56. The van der Waals surface area contributed by atoms with E-state index < -0.39 is 0 Å². The normalized spacial score (nSPS) is 12.4. The fourth-order valence-electron chi connectivity index (χ4n) is 1.88. The summed E-state index contributed by atoms with van der Waals surface area (Å²) in [4.78, 5) is 0. The highest BCUT2D eigenvalue weighted by atomic mass is 35.5. The van der Waals surface area contributed by atoms with E-state index in [4.69, 9.17) is 34.8 Å². The van der Waals surface area contributed by atoms with Crippen molar-refractivity contribution in [2.24, 2.45) is 0 Å². The molecular weight excluding hydrogens is 320 g/mol. The highest BCUT2D eigenvalue weighted by molar-refractivity contribution is 6.44. The van der Waals surface area contributed by atoms with Crippen LogP contribution < -0.4 is 5.32 Å². The summed E-state index contributed by atoms with van der Waals surface area (Å²) in [7, 11) is 0. The SMILES string of the molecule is C[C@H](NCc1c(Cl)ccc(Cl)c1Cl)c1cccc(F)c1. The standard InChI is InChI=1S/C15H13Cl3FN/c1-9(10-3-2-4-11(19)7-10)20-8-12-13(16)5-6-14(17)15(12)18/h2-7,9,20H,8H2,1H3/t9-/m0/s1. The van der Waals surface area contributed by atoms with E-state index in [1.165, 1.54) is 12.1 Å². The molecule has 20 heavy (non-hydrogen) atoms. The molecule has 0 aromatic heterocycles. The second kappa shape index (κ2) is 6.77. The minimum atomic E-state index is -0.255. The fraction of sp³-hybridized carbons (Fsp3) is 0.200. The Morgan fingerprint density at radius 2 is 1.80 bits per heavy atom. The summed E-state index contributed by atoms with van der Waals surface area (Å²) in [6.45, 7) is 2.40. The topological polar surface area (TPSA) is 12.0 Å². The van der Waals surface area contributed by atoms with Crippen LogP contribution in [0.3, 0.4) is 0 Å². The van der Waals surface area contributed by atoms with E-state index in [9.17, 15) is 4.39 Å². The first-order valence-corrected chi connectivity index (χ1v) is 7.23. The Kier molecular flexibility index (Phi) is 5.28. The summed E-state index contributed by atoms with van der Waals surface area (Å²) < 4.78 is 13.2. The van der Waals surface area contributed by atoms with Gasteiger partial charge in [0.2, 0.25) is 0 Å². The molecule has 1 N–H and O–H groups in total. The van der Waals surface area contributed by atoms with Gasteiger partial charge in [-0.05, 0) is 36.8 Å². The highest BCUT2D eigenvalue weighted by Crippen LogP contribution is 2.31. The van der Waals surface area contributed by atoms with Gasteiger partial charge in [-0.2, -0.15) is 0 Å². The molecule has 1 nitrogen and oxygen atoms in total. The summed E-state index contributed by atoms with van der Waals surface area (Å²) in [6, 6.07) is 9.80. The molecule has 0 saturated heterocycles. The first-order valence-electron chi connectivity index (χ1n) is 6.10. The summed E-state index contributed by atoms with van der Waals surface area (Å²) in [5.74, 6) is -0.255. The van der Waals surface area contributed by atoms with E-state index in [0.29, 0.717) is 21.6 Å². The molecule has 0 fully saturated rings. The van der Waals surface area contributed by atoms with Crippen molar-refractivity contribution in [1.82, 2.24) is 5.32 Å². The van der Waals surface area contributed by atoms with E-state index in [1.54, 1.807) is 18.2 Å². The molecule has 2 aromatic rings. The maximum atomic E-state index is 13.2. The minimum absolute atomic E-state index is 0.0307. The zero-order valence-electron chi connectivity index (χ0n) is 10.8. The molecular formula is C15H13Cl3FN. The molecule has 0 aliphatic carbocycles. The number of rotatable bonds is 4. The highest BCUT2D eigenvalue weighted by Gasteiger charge is 2.12. The van der Waals surface area contributed by atoms with Gasteiger partial charge in [-0.15, -0.1) is 0 Å². The van der Waals surface area contributed by atoms with Gasteiger partial charge in [-0.3, -0.25) is 0 Å². The number of halogens is 4. The van der Waals surface area contributed by atoms with E-state index in [1.807, 2.05) is 13.0 Å². The maximum absolute atomic E-state index is 13.2. The molecule has 0 saturated carbocycles. The quantitative estimate of drug-likeness (QED) is 0.715. The van der Waals surface area contributed by atoms with Gasteiger partial charge in [0, 0.05) is 23.2 Å². The van der Waals surface area contributed by atoms with Crippen LogP contribution in [0.5, 0.6) is 0 Å². The zero-order valence-corrected chi connectivity index (χ0v) is 13.0. The smallest absolute Gasteiger partial charge is 0.123 e. The molecule has 0 heterocycles. The molecule has 1 atom stereocenters.